The lowest BCUT2D eigenvalue weighted by molar-refractivity contribution is 0.426. The van der Waals surface area contributed by atoms with Crippen LogP contribution in [-0.4, -0.2) is 30.5 Å². The lowest BCUT2D eigenvalue weighted by Crippen LogP contribution is -2.29. The van der Waals surface area contributed by atoms with Gasteiger partial charge in [-0.05, 0) is 28.7 Å². The molecule has 0 saturated heterocycles. The lowest BCUT2D eigenvalue weighted by atomic mass is 9.80. The van der Waals surface area contributed by atoms with Gasteiger partial charge in [-0.3, -0.25) is 8.78 Å². The highest BCUT2D eigenvalue weighted by Crippen LogP contribution is 2.10. The normalized spacial score (nSPS) is 9.86. The molecule has 2 N–H and O–H groups in total. The summed E-state index contributed by atoms with van der Waals surface area (Å²) in [5.74, 6) is 0. The fourth-order valence-electron chi connectivity index (χ4n) is 1.73. The molecule has 0 aromatic heterocycles. The first-order valence-corrected chi connectivity index (χ1v) is 7.67. The second-order valence-electron chi connectivity index (χ2n) is 4.62. The van der Waals surface area contributed by atoms with E-state index in [1.807, 2.05) is 24.3 Å². The van der Waals surface area contributed by atoms with Crippen molar-refractivity contribution in [3.8, 4) is 0 Å². The van der Waals surface area contributed by atoms with Gasteiger partial charge in [0.15, 0.2) is 0 Å². The Morgan fingerprint density at radius 1 is 0.773 bits per heavy atom. The Kier molecular flexibility index (Phi) is 8.97. The third-order valence-corrected chi connectivity index (χ3v) is 3.49. The van der Waals surface area contributed by atoms with Crippen molar-refractivity contribution < 1.29 is 18.8 Å². The zero-order valence-electron chi connectivity index (χ0n) is 12.1. The first kappa shape index (κ1) is 18.8. The van der Waals surface area contributed by atoms with Gasteiger partial charge in [-0.25, -0.2) is 0 Å². The van der Waals surface area contributed by atoms with E-state index in [9.17, 15) is 8.78 Å². The van der Waals surface area contributed by atoms with Gasteiger partial charge in [-0.2, -0.15) is 0 Å². The summed E-state index contributed by atoms with van der Waals surface area (Å²) in [6.45, 7) is -0.664. The van der Waals surface area contributed by atoms with Crippen LogP contribution in [0.15, 0.2) is 53.0 Å². The van der Waals surface area contributed by atoms with Crippen molar-refractivity contribution in [1.82, 2.24) is 0 Å². The van der Waals surface area contributed by atoms with E-state index in [0.717, 1.165) is 15.6 Å². The van der Waals surface area contributed by atoms with Crippen molar-refractivity contribution in [1.29, 1.82) is 0 Å². The minimum absolute atomic E-state index is 0.276. The highest BCUT2D eigenvalue weighted by Gasteiger charge is 2.09. The van der Waals surface area contributed by atoms with Gasteiger partial charge in [0.05, 0.1) is 13.3 Å². The van der Waals surface area contributed by atoms with Crippen LogP contribution in [0.3, 0.4) is 0 Å². The summed E-state index contributed by atoms with van der Waals surface area (Å²) < 4.78 is 24.6. The quantitative estimate of drug-likeness (QED) is 0.794. The van der Waals surface area contributed by atoms with Crippen LogP contribution in [0.4, 0.5) is 8.78 Å². The Balaban J connectivity index is 0.000000224. The topological polar surface area (TPSA) is 40.5 Å². The van der Waals surface area contributed by atoms with Crippen molar-refractivity contribution in [3.63, 3.8) is 0 Å². The summed E-state index contributed by atoms with van der Waals surface area (Å²) in [6.07, 6.45) is 0.898. The molecule has 2 aromatic rings. The molecule has 118 valence electrons. The molecular formula is C16H18BBrF2O2. The molecule has 0 radical (unpaired) electrons. The van der Waals surface area contributed by atoms with Crippen molar-refractivity contribution in [2.45, 2.75) is 12.8 Å². The Morgan fingerprint density at radius 2 is 1.18 bits per heavy atom. The van der Waals surface area contributed by atoms with Crippen LogP contribution < -0.4 is 5.46 Å². The first-order valence-electron chi connectivity index (χ1n) is 6.88. The zero-order chi connectivity index (χ0) is 16.4. The molecule has 0 spiro atoms. The van der Waals surface area contributed by atoms with E-state index in [0.29, 0.717) is 18.3 Å². The second kappa shape index (κ2) is 10.5. The minimum atomic E-state index is -1.44. The van der Waals surface area contributed by atoms with E-state index in [4.69, 9.17) is 10.0 Å². The summed E-state index contributed by atoms with van der Waals surface area (Å²) in [4.78, 5) is 0. The summed E-state index contributed by atoms with van der Waals surface area (Å²) in [5, 5.41) is 17.5. The number of benzene rings is 2. The molecule has 0 bridgehead atoms. The SMILES string of the molecule is FCCc1ccc(Br)cc1.OB(O)c1ccc(CCF)cc1. The van der Waals surface area contributed by atoms with Crippen molar-refractivity contribution in [3.05, 3.63) is 64.1 Å². The number of alkyl halides is 2. The second-order valence-corrected chi connectivity index (χ2v) is 5.54. The molecule has 0 unspecified atom stereocenters. The van der Waals surface area contributed by atoms with Crippen LogP contribution in [0.1, 0.15) is 11.1 Å². The fraction of sp³-hybridized carbons (Fsp3) is 0.250. The number of hydrogen-bond donors (Lipinski definition) is 2. The van der Waals surface area contributed by atoms with E-state index < -0.39 is 7.12 Å². The van der Waals surface area contributed by atoms with Crippen LogP contribution in [-0.2, 0) is 12.8 Å². The molecule has 0 aliphatic rings. The Morgan fingerprint density at radius 3 is 1.55 bits per heavy atom. The molecule has 2 rings (SSSR count). The van der Waals surface area contributed by atoms with Crippen LogP contribution in [0.5, 0.6) is 0 Å². The number of aryl methyl sites for hydroxylation is 2. The van der Waals surface area contributed by atoms with Crippen molar-refractivity contribution >= 4 is 28.5 Å². The summed E-state index contributed by atoms with van der Waals surface area (Å²) in [7, 11) is -1.44. The van der Waals surface area contributed by atoms with E-state index in [1.165, 1.54) is 0 Å². The smallest absolute Gasteiger partial charge is 0.423 e. The largest absolute Gasteiger partial charge is 0.488 e. The van der Waals surface area contributed by atoms with E-state index >= 15 is 0 Å². The molecule has 0 amide bonds. The average Bonchev–Trinajstić information content (AvgIpc) is 2.51. The van der Waals surface area contributed by atoms with E-state index in [1.54, 1.807) is 24.3 Å². The molecule has 0 saturated carbocycles. The third-order valence-electron chi connectivity index (χ3n) is 2.96. The predicted octanol–water partition coefficient (Wildman–Crippen LogP) is 2.84. The lowest BCUT2D eigenvalue weighted by Gasteiger charge is -2.00. The van der Waals surface area contributed by atoms with Gasteiger partial charge in [0.2, 0.25) is 0 Å². The maximum Gasteiger partial charge on any atom is 0.488 e. The molecule has 0 fully saturated rings. The molecule has 2 aromatic carbocycles. The Bertz CT molecular complexity index is 533. The van der Waals surface area contributed by atoms with Crippen LogP contribution in [0.25, 0.3) is 0 Å². The third kappa shape index (κ3) is 7.16. The van der Waals surface area contributed by atoms with Crippen LogP contribution >= 0.6 is 15.9 Å². The minimum Gasteiger partial charge on any atom is -0.423 e. The molecule has 22 heavy (non-hydrogen) atoms. The fourth-order valence-corrected chi connectivity index (χ4v) is 1.99. The molecule has 6 heteroatoms. The molecular weight excluding hydrogens is 353 g/mol. The Labute approximate surface area is 138 Å². The van der Waals surface area contributed by atoms with Gasteiger partial charge in [0.25, 0.3) is 0 Å². The first-order chi connectivity index (χ1) is 10.6. The van der Waals surface area contributed by atoms with Gasteiger partial charge in [-0.1, -0.05) is 52.3 Å². The summed E-state index contributed by atoms with van der Waals surface area (Å²) in [5.41, 5.74) is 2.34. The zero-order valence-corrected chi connectivity index (χ0v) is 13.6. The predicted molar refractivity (Wildman–Crippen MR) is 89.8 cm³/mol. The molecule has 0 atom stereocenters. The molecule has 2 nitrogen and oxygen atoms in total. The molecule has 0 aliphatic carbocycles. The van der Waals surface area contributed by atoms with Gasteiger partial charge in [-0.15, -0.1) is 0 Å². The standard InChI is InChI=1S/C8H10BFO2.C8H8BrF/c10-6-5-7-1-3-8(4-2-7)9(11)12;9-8-3-1-7(2-4-8)5-6-10/h1-4,11-12H,5-6H2;1-4H,5-6H2. The van der Waals surface area contributed by atoms with Gasteiger partial charge in [0, 0.05) is 17.3 Å². The van der Waals surface area contributed by atoms with E-state index in [2.05, 4.69) is 15.9 Å². The molecule has 0 aliphatic heterocycles. The number of halogens is 3. The summed E-state index contributed by atoms with van der Waals surface area (Å²) in [6, 6.07) is 14.2. The highest BCUT2D eigenvalue weighted by atomic mass is 79.9. The van der Waals surface area contributed by atoms with E-state index in [-0.39, 0.29) is 13.3 Å². The van der Waals surface area contributed by atoms with Gasteiger partial charge in [0.1, 0.15) is 0 Å². The Hall–Kier alpha value is -1.24. The highest BCUT2D eigenvalue weighted by molar-refractivity contribution is 9.10. The monoisotopic (exact) mass is 370 g/mol. The number of rotatable bonds is 5. The van der Waals surface area contributed by atoms with Crippen molar-refractivity contribution in [2.24, 2.45) is 0 Å². The van der Waals surface area contributed by atoms with Crippen LogP contribution in [0.2, 0.25) is 0 Å². The summed E-state index contributed by atoms with van der Waals surface area (Å²) >= 11 is 3.30. The maximum atomic E-state index is 11.8. The van der Waals surface area contributed by atoms with Crippen molar-refractivity contribution in [2.75, 3.05) is 13.3 Å². The van der Waals surface area contributed by atoms with Gasteiger partial charge < -0.3 is 10.0 Å². The maximum absolute atomic E-state index is 11.8. The molecule has 0 heterocycles. The van der Waals surface area contributed by atoms with Crippen LogP contribution in [0, 0.1) is 0 Å². The number of hydrogen-bond acceptors (Lipinski definition) is 2. The average molecular weight is 371 g/mol. The van der Waals surface area contributed by atoms with Gasteiger partial charge >= 0.3 is 7.12 Å².